The summed E-state index contributed by atoms with van der Waals surface area (Å²) in [6, 6.07) is 23.6. The Kier molecular flexibility index (Phi) is 6.29. The second-order valence-corrected chi connectivity index (χ2v) is 7.79. The van der Waals surface area contributed by atoms with Gasteiger partial charge < -0.3 is 9.73 Å². The average Bonchev–Trinajstić information content (AvgIpc) is 3.44. The smallest absolute Gasteiger partial charge is 0.230 e. The quantitative estimate of drug-likeness (QED) is 0.425. The van der Waals surface area contributed by atoms with E-state index in [1.165, 1.54) is 11.8 Å². The summed E-state index contributed by atoms with van der Waals surface area (Å²) < 4.78 is 7.51. The molecule has 0 saturated carbocycles. The number of amides is 1. The number of benzene rings is 2. The summed E-state index contributed by atoms with van der Waals surface area (Å²) in [6.45, 7) is 2.57. The molecule has 0 unspecified atom stereocenters. The monoisotopic (exact) mass is 418 g/mol. The van der Waals surface area contributed by atoms with Gasteiger partial charge in [0.25, 0.3) is 0 Å². The van der Waals surface area contributed by atoms with Crippen molar-refractivity contribution in [3.8, 4) is 11.6 Å². The summed E-state index contributed by atoms with van der Waals surface area (Å²) in [5.41, 5.74) is 2.19. The first kappa shape index (κ1) is 20.0. The number of nitrogens with zero attached hydrogens (tertiary/aromatic N) is 3. The topological polar surface area (TPSA) is 73.0 Å². The summed E-state index contributed by atoms with van der Waals surface area (Å²) in [7, 11) is 0. The molecule has 1 atom stereocenters. The highest BCUT2D eigenvalue weighted by Gasteiger charge is 2.18. The molecule has 0 aliphatic heterocycles. The van der Waals surface area contributed by atoms with Crippen molar-refractivity contribution in [2.45, 2.75) is 24.7 Å². The number of carbonyl (C=O) groups excluding carboxylic acids is 1. The number of carbonyl (C=O) groups is 1. The highest BCUT2D eigenvalue weighted by molar-refractivity contribution is 7.99. The first-order valence-electron chi connectivity index (χ1n) is 9.69. The summed E-state index contributed by atoms with van der Waals surface area (Å²) in [5, 5.41) is 12.3. The molecule has 4 rings (SSSR count). The van der Waals surface area contributed by atoms with Gasteiger partial charge >= 0.3 is 0 Å². The van der Waals surface area contributed by atoms with Gasteiger partial charge in [-0.3, -0.25) is 9.36 Å². The maximum absolute atomic E-state index is 12.5. The second kappa shape index (κ2) is 9.45. The third-order valence-electron chi connectivity index (χ3n) is 4.65. The molecule has 2 aromatic heterocycles. The van der Waals surface area contributed by atoms with Gasteiger partial charge in [-0.15, -0.1) is 10.2 Å². The molecule has 0 aliphatic carbocycles. The molecule has 7 heteroatoms. The number of nitrogens with one attached hydrogen (secondary N) is 1. The van der Waals surface area contributed by atoms with E-state index in [4.69, 9.17) is 4.42 Å². The Balaban J connectivity index is 1.47. The van der Waals surface area contributed by atoms with Gasteiger partial charge in [0.05, 0.1) is 24.6 Å². The first-order valence-corrected chi connectivity index (χ1v) is 10.7. The Morgan fingerprint density at radius 1 is 1.03 bits per heavy atom. The van der Waals surface area contributed by atoms with Crippen molar-refractivity contribution in [1.29, 1.82) is 0 Å². The first-order chi connectivity index (χ1) is 14.7. The zero-order valence-electron chi connectivity index (χ0n) is 16.6. The van der Waals surface area contributed by atoms with Crippen LogP contribution in [0.5, 0.6) is 0 Å². The van der Waals surface area contributed by atoms with Gasteiger partial charge in [0.1, 0.15) is 0 Å². The van der Waals surface area contributed by atoms with Crippen LogP contribution in [0.3, 0.4) is 0 Å². The zero-order valence-corrected chi connectivity index (χ0v) is 17.4. The number of rotatable bonds is 8. The molecule has 0 aliphatic rings. The Labute approximate surface area is 179 Å². The maximum atomic E-state index is 12.5. The molecule has 152 valence electrons. The van der Waals surface area contributed by atoms with Crippen LogP contribution in [-0.2, 0) is 11.3 Å². The maximum Gasteiger partial charge on any atom is 0.230 e. The number of thioether (sulfide) groups is 1. The Hall–Kier alpha value is -3.32. The molecule has 0 spiro atoms. The van der Waals surface area contributed by atoms with Crippen LogP contribution in [-0.4, -0.2) is 26.4 Å². The number of hydrogen-bond donors (Lipinski definition) is 1. The van der Waals surface area contributed by atoms with Crippen LogP contribution in [0.4, 0.5) is 0 Å². The van der Waals surface area contributed by atoms with E-state index >= 15 is 0 Å². The van der Waals surface area contributed by atoms with Gasteiger partial charge in [-0.2, -0.15) is 0 Å². The van der Waals surface area contributed by atoms with Crippen LogP contribution in [0, 0.1) is 0 Å². The lowest BCUT2D eigenvalue weighted by molar-refractivity contribution is -0.119. The van der Waals surface area contributed by atoms with Crippen molar-refractivity contribution >= 4 is 17.7 Å². The van der Waals surface area contributed by atoms with Gasteiger partial charge in [0.15, 0.2) is 10.9 Å². The normalized spacial score (nSPS) is 11.9. The van der Waals surface area contributed by atoms with Crippen molar-refractivity contribution in [3.05, 3.63) is 90.2 Å². The standard InChI is InChI=1S/C23H22N4O2S/c1-17(19-11-6-3-7-12-19)24-21(28)16-30-23-26-25-22(20-13-8-14-29-20)27(23)15-18-9-4-2-5-10-18/h2-14,17H,15-16H2,1H3,(H,24,28)/t17-/m0/s1. The zero-order chi connectivity index (χ0) is 20.8. The predicted molar refractivity (Wildman–Crippen MR) is 117 cm³/mol. The molecule has 4 aromatic rings. The lowest BCUT2D eigenvalue weighted by atomic mass is 10.1. The molecule has 0 saturated heterocycles. The van der Waals surface area contributed by atoms with Crippen molar-refractivity contribution in [2.75, 3.05) is 5.75 Å². The average molecular weight is 419 g/mol. The molecule has 2 aromatic carbocycles. The van der Waals surface area contributed by atoms with Crippen LogP contribution in [0.25, 0.3) is 11.6 Å². The van der Waals surface area contributed by atoms with Gasteiger partial charge in [0, 0.05) is 0 Å². The molecule has 2 heterocycles. The minimum Gasteiger partial charge on any atom is -0.461 e. The van der Waals surface area contributed by atoms with Crippen molar-refractivity contribution < 1.29 is 9.21 Å². The van der Waals surface area contributed by atoms with E-state index < -0.39 is 0 Å². The lowest BCUT2D eigenvalue weighted by Gasteiger charge is -2.14. The fourth-order valence-electron chi connectivity index (χ4n) is 3.13. The molecule has 1 N–H and O–H groups in total. The molecule has 0 fully saturated rings. The highest BCUT2D eigenvalue weighted by Crippen LogP contribution is 2.25. The predicted octanol–water partition coefficient (Wildman–Crippen LogP) is 4.56. The van der Waals surface area contributed by atoms with E-state index in [9.17, 15) is 4.79 Å². The van der Waals surface area contributed by atoms with Crippen LogP contribution >= 0.6 is 11.8 Å². The molecule has 0 bridgehead atoms. The van der Waals surface area contributed by atoms with E-state index in [1.807, 2.05) is 72.2 Å². The third-order valence-corrected chi connectivity index (χ3v) is 5.62. The highest BCUT2D eigenvalue weighted by atomic mass is 32.2. The summed E-state index contributed by atoms with van der Waals surface area (Å²) in [4.78, 5) is 12.5. The van der Waals surface area contributed by atoms with Gasteiger partial charge in [-0.25, -0.2) is 0 Å². The molecule has 0 radical (unpaired) electrons. The van der Waals surface area contributed by atoms with Crippen LogP contribution in [0.2, 0.25) is 0 Å². The van der Waals surface area contributed by atoms with E-state index in [0.717, 1.165) is 11.1 Å². The van der Waals surface area contributed by atoms with Crippen molar-refractivity contribution in [2.24, 2.45) is 0 Å². The number of aromatic nitrogens is 3. The Morgan fingerprint density at radius 3 is 2.47 bits per heavy atom. The molecule has 1 amide bonds. The molecular weight excluding hydrogens is 396 g/mol. The Bertz CT molecular complexity index is 1080. The number of furan rings is 1. The van der Waals surface area contributed by atoms with Crippen molar-refractivity contribution in [1.82, 2.24) is 20.1 Å². The third kappa shape index (κ3) is 4.80. The molecule has 30 heavy (non-hydrogen) atoms. The Morgan fingerprint density at radius 2 is 1.77 bits per heavy atom. The van der Waals surface area contributed by atoms with Gasteiger partial charge in [-0.1, -0.05) is 72.4 Å². The fraction of sp³-hybridized carbons (Fsp3) is 0.174. The van der Waals surface area contributed by atoms with Gasteiger partial charge in [0.2, 0.25) is 11.7 Å². The van der Waals surface area contributed by atoms with Crippen LogP contribution < -0.4 is 5.32 Å². The van der Waals surface area contributed by atoms with Crippen LogP contribution in [0.15, 0.2) is 88.6 Å². The largest absolute Gasteiger partial charge is 0.461 e. The SMILES string of the molecule is C[C@H](NC(=O)CSc1nnc(-c2ccco2)n1Cc1ccccc1)c1ccccc1. The number of hydrogen-bond acceptors (Lipinski definition) is 5. The summed E-state index contributed by atoms with van der Waals surface area (Å²) >= 11 is 1.37. The van der Waals surface area contributed by atoms with Gasteiger partial charge in [-0.05, 0) is 30.2 Å². The fourth-order valence-corrected chi connectivity index (χ4v) is 3.88. The second-order valence-electron chi connectivity index (χ2n) is 6.84. The van der Waals surface area contributed by atoms with E-state index in [2.05, 4.69) is 27.6 Å². The lowest BCUT2D eigenvalue weighted by Crippen LogP contribution is -2.28. The summed E-state index contributed by atoms with van der Waals surface area (Å²) in [6.07, 6.45) is 1.61. The summed E-state index contributed by atoms with van der Waals surface area (Å²) in [5.74, 6) is 1.49. The van der Waals surface area contributed by atoms with Crippen LogP contribution in [0.1, 0.15) is 24.1 Å². The minimum atomic E-state index is -0.0554. The minimum absolute atomic E-state index is 0.0508. The molecule has 6 nitrogen and oxygen atoms in total. The van der Waals surface area contributed by atoms with E-state index in [1.54, 1.807) is 6.26 Å². The van der Waals surface area contributed by atoms with E-state index in [-0.39, 0.29) is 17.7 Å². The van der Waals surface area contributed by atoms with Crippen molar-refractivity contribution in [3.63, 3.8) is 0 Å². The molecular formula is C23H22N4O2S. The van der Waals surface area contributed by atoms with E-state index in [0.29, 0.717) is 23.3 Å².